The van der Waals surface area contributed by atoms with E-state index in [9.17, 15) is 25.0 Å². The molecule has 0 amide bonds. The lowest BCUT2D eigenvalue weighted by Gasteiger charge is -2.23. The lowest BCUT2D eigenvalue weighted by atomic mass is 10.0. The van der Waals surface area contributed by atoms with Crippen LogP contribution in [0.3, 0.4) is 0 Å². The van der Waals surface area contributed by atoms with Crippen molar-refractivity contribution >= 4 is 17.6 Å². The van der Waals surface area contributed by atoms with Crippen molar-refractivity contribution < 1.29 is 19.4 Å². The number of aromatic amines is 1. The van der Waals surface area contributed by atoms with Gasteiger partial charge < -0.3 is 29.5 Å². The standard InChI is InChI=1S/C9H13N3O4.C3H3N3O2/c1-9(2,4-8(13)16-3)11-5-7(10-6-11)12(14)15;7-6(8)3-1-4-2-5-3/h5-6H,4H2,1-3H3;1-2H,(H,4,5). The Balaban J connectivity index is 0.000000300. The van der Waals surface area contributed by atoms with Crippen molar-refractivity contribution in [3.8, 4) is 0 Å². The van der Waals surface area contributed by atoms with Gasteiger partial charge in [0.05, 0.1) is 19.1 Å². The quantitative estimate of drug-likeness (QED) is 0.485. The van der Waals surface area contributed by atoms with Gasteiger partial charge >= 0.3 is 17.6 Å². The van der Waals surface area contributed by atoms with Gasteiger partial charge in [-0.25, -0.2) is 9.97 Å². The van der Waals surface area contributed by atoms with Crippen LogP contribution in [0.25, 0.3) is 0 Å². The summed E-state index contributed by atoms with van der Waals surface area (Å²) >= 11 is 0. The third-order valence-electron chi connectivity index (χ3n) is 2.94. The Hall–Kier alpha value is -3.31. The molecule has 0 aliphatic heterocycles. The Kier molecular flexibility index (Phi) is 6.09. The van der Waals surface area contributed by atoms with Crippen LogP contribution >= 0.6 is 0 Å². The highest BCUT2D eigenvalue weighted by Gasteiger charge is 2.27. The van der Waals surface area contributed by atoms with Crippen LogP contribution in [0.15, 0.2) is 25.0 Å². The average molecular weight is 340 g/mol. The summed E-state index contributed by atoms with van der Waals surface area (Å²) in [6.07, 6.45) is 5.17. The second-order valence-corrected chi connectivity index (χ2v) is 5.16. The molecule has 0 saturated heterocycles. The van der Waals surface area contributed by atoms with Gasteiger partial charge in [0.25, 0.3) is 0 Å². The molecule has 2 heterocycles. The van der Waals surface area contributed by atoms with Crippen molar-refractivity contribution in [1.29, 1.82) is 0 Å². The number of nitro groups is 2. The largest absolute Gasteiger partial charge is 0.469 e. The van der Waals surface area contributed by atoms with E-state index in [1.165, 1.54) is 30.5 Å². The second kappa shape index (κ2) is 7.80. The fourth-order valence-electron chi connectivity index (χ4n) is 1.60. The predicted octanol–water partition coefficient (Wildman–Crippen LogP) is 1.41. The number of ether oxygens (including phenoxy) is 1. The third-order valence-corrected chi connectivity index (χ3v) is 2.94. The molecule has 0 aliphatic carbocycles. The number of nitrogens with zero attached hydrogens (tertiary/aromatic N) is 5. The molecular formula is C12H16N6O6. The normalized spacial score (nSPS) is 10.5. The molecular weight excluding hydrogens is 324 g/mol. The third kappa shape index (κ3) is 5.15. The van der Waals surface area contributed by atoms with Crippen LogP contribution in [0.2, 0.25) is 0 Å². The topological polar surface area (TPSA) is 159 Å². The van der Waals surface area contributed by atoms with Gasteiger partial charge in [0, 0.05) is 0 Å². The number of esters is 1. The minimum Gasteiger partial charge on any atom is -0.469 e. The Bertz CT molecular complexity index is 707. The highest BCUT2D eigenvalue weighted by molar-refractivity contribution is 5.70. The number of hydrogen-bond acceptors (Lipinski definition) is 8. The molecule has 12 heteroatoms. The summed E-state index contributed by atoms with van der Waals surface area (Å²) in [5.74, 6) is -0.690. The van der Waals surface area contributed by atoms with E-state index in [-0.39, 0.29) is 24.0 Å². The Morgan fingerprint density at radius 2 is 2.04 bits per heavy atom. The number of imidazole rings is 2. The number of nitrogens with one attached hydrogen (secondary N) is 1. The van der Waals surface area contributed by atoms with Crippen LogP contribution < -0.4 is 0 Å². The summed E-state index contributed by atoms with van der Waals surface area (Å²) in [7, 11) is 1.30. The van der Waals surface area contributed by atoms with Gasteiger partial charge in [-0.15, -0.1) is 0 Å². The minimum atomic E-state index is -0.603. The number of H-pyrrole nitrogens is 1. The SMILES string of the molecule is COC(=O)CC(C)(C)n1cnc([N+](=O)[O-])c1.O=[N+]([O-])c1cnc[nH]1. The monoisotopic (exact) mass is 340 g/mol. The Morgan fingerprint density at radius 1 is 1.38 bits per heavy atom. The first-order chi connectivity index (χ1) is 11.2. The van der Waals surface area contributed by atoms with E-state index in [0.717, 1.165) is 6.20 Å². The van der Waals surface area contributed by atoms with Gasteiger partial charge in [0.1, 0.15) is 12.4 Å². The molecule has 2 aromatic rings. The van der Waals surface area contributed by atoms with Crippen LogP contribution in [0.1, 0.15) is 20.3 Å². The first kappa shape index (κ1) is 18.7. The van der Waals surface area contributed by atoms with Crippen LogP contribution in [0, 0.1) is 20.2 Å². The summed E-state index contributed by atoms with van der Waals surface area (Å²) in [6.45, 7) is 3.55. The first-order valence-electron chi connectivity index (χ1n) is 6.56. The van der Waals surface area contributed by atoms with E-state index >= 15 is 0 Å². The number of carbonyl (C=O) groups excluding carboxylic acids is 1. The number of carbonyl (C=O) groups is 1. The molecule has 0 saturated carbocycles. The zero-order chi connectivity index (χ0) is 18.3. The van der Waals surface area contributed by atoms with E-state index in [1.54, 1.807) is 13.8 Å². The smallest absolute Gasteiger partial charge is 0.381 e. The van der Waals surface area contributed by atoms with E-state index in [4.69, 9.17) is 0 Å². The van der Waals surface area contributed by atoms with Crippen LogP contribution in [-0.4, -0.2) is 42.4 Å². The van der Waals surface area contributed by atoms with E-state index in [2.05, 4.69) is 19.7 Å². The average Bonchev–Trinajstić information content (AvgIpc) is 3.19. The van der Waals surface area contributed by atoms with Crippen LogP contribution in [-0.2, 0) is 15.1 Å². The molecule has 12 nitrogen and oxygen atoms in total. The molecule has 0 aliphatic rings. The fourth-order valence-corrected chi connectivity index (χ4v) is 1.60. The van der Waals surface area contributed by atoms with Crippen molar-refractivity contribution in [3.63, 3.8) is 0 Å². The van der Waals surface area contributed by atoms with Gasteiger partial charge in [0.2, 0.25) is 6.33 Å². The van der Waals surface area contributed by atoms with Crippen LogP contribution in [0.5, 0.6) is 0 Å². The maximum Gasteiger partial charge on any atom is 0.381 e. The summed E-state index contributed by atoms with van der Waals surface area (Å²) in [5.41, 5.74) is -0.603. The van der Waals surface area contributed by atoms with E-state index in [1.807, 2.05) is 0 Å². The summed E-state index contributed by atoms with van der Waals surface area (Å²) in [4.78, 5) is 39.7. The molecule has 2 rings (SSSR count). The van der Waals surface area contributed by atoms with Crippen molar-refractivity contribution in [2.24, 2.45) is 0 Å². The minimum absolute atomic E-state index is 0.0787. The maximum absolute atomic E-state index is 11.2. The van der Waals surface area contributed by atoms with Crippen LogP contribution in [0.4, 0.5) is 11.6 Å². The van der Waals surface area contributed by atoms with Gasteiger partial charge in [-0.05, 0) is 28.7 Å². The lowest BCUT2D eigenvalue weighted by molar-refractivity contribution is -0.389. The highest BCUT2D eigenvalue weighted by Crippen LogP contribution is 2.22. The highest BCUT2D eigenvalue weighted by atomic mass is 16.6. The van der Waals surface area contributed by atoms with E-state index < -0.39 is 15.4 Å². The molecule has 0 spiro atoms. The molecule has 0 bridgehead atoms. The Morgan fingerprint density at radius 3 is 2.42 bits per heavy atom. The molecule has 0 radical (unpaired) electrons. The predicted molar refractivity (Wildman–Crippen MR) is 80.1 cm³/mol. The van der Waals surface area contributed by atoms with E-state index in [0.29, 0.717) is 0 Å². The molecule has 1 N–H and O–H groups in total. The molecule has 2 aromatic heterocycles. The fraction of sp³-hybridized carbons (Fsp3) is 0.417. The second-order valence-electron chi connectivity index (χ2n) is 5.16. The molecule has 24 heavy (non-hydrogen) atoms. The first-order valence-corrected chi connectivity index (χ1v) is 6.56. The molecule has 0 unspecified atom stereocenters. The molecule has 0 aromatic carbocycles. The van der Waals surface area contributed by atoms with Gasteiger partial charge in [0.15, 0.2) is 6.33 Å². The summed E-state index contributed by atoms with van der Waals surface area (Å²) in [6, 6.07) is 0. The Labute approximate surface area is 135 Å². The lowest BCUT2D eigenvalue weighted by Crippen LogP contribution is -2.28. The van der Waals surface area contributed by atoms with Gasteiger partial charge in [-0.2, -0.15) is 0 Å². The zero-order valence-electron chi connectivity index (χ0n) is 13.2. The zero-order valence-corrected chi connectivity index (χ0v) is 13.2. The molecule has 0 fully saturated rings. The van der Waals surface area contributed by atoms with Crippen molar-refractivity contribution in [2.45, 2.75) is 25.8 Å². The van der Waals surface area contributed by atoms with Gasteiger partial charge in [-0.1, -0.05) is 0 Å². The van der Waals surface area contributed by atoms with Crippen molar-refractivity contribution in [1.82, 2.24) is 19.5 Å². The number of hydrogen-bond donors (Lipinski definition) is 1. The number of aromatic nitrogens is 4. The number of methoxy groups -OCH3 is 1. The van der Waals surface area contributed by atoms with Crippen molar-refractivity contribution in [3.05, 3.63) is 45.3 Å². The molecule has 130 valence electrons. The van der Waals surface area contributed by atoms with Gasteiger partial charge in [-0.3, -0.25) is 4.79 Å². The summed E-state index contributed by atoms with van der Waals surface area (Å²) < 4.78 is 6.09. The molecule has 0 atom stereocenters. The summed E-state index contributed by atoms with van der Waals surface area (Å²) in [5, 5.41) is 20.3. The maximum atomic E-state index is 11.2. The van der Waals surface area contributed by atoms with Crippen molar-refractivity contribution in [2.75, 3.05) is 7.11 Å². The number of rotatable bonds is 5.